The molecule has 3 heteroatoms. The number of para-hydroxylation sites is 2. The summed E-state index contributed by atoms with van der Waals surface area (Å²) in [7, 11) is 0. The van der Waals surface area contributed by atoms with Gasteiger partial charge in [0.2, 0.25) is 0 Å². The zero-order chi connectivity index (χ0) is 14.7. The first kappa shape index (κ1) is 14.1. The van der Waals surface area contributed by atoms with Gasteiger partial charge in [-0.05, 0) is 42.5 Å². The molecular weight excluding hydrogens is 298 g/mol. The Morgan fingerprint density at radius 3 is 1.67 bits per heavy atom. The summed E-state index contributed by atoms with van der Waals surface area (Å²) >= 11 is 10.6. The average molecular weight is 312 g/mol. The molecule has 0 N–H and O–H groups in total. The number of thiol groups is 1. The first-order valence-electron chi connectivity index (χ1n) is 6.64. The maximum Gasteiger partial charge on any atom is 0.0487 e. The molecule has 0 amide bonds. The molecule has 0 aliphatic carbocycles. The SMILES string of the molecule is Sc1cc(Cl)cc(N(c2ccccc2)c2ccccc2)c1. The number of hydrogen-bond acceptors (Lipinski definition) is 2. The van der Waals surface area contributed by atoms with Crippen molar-refractivity contribution in [1.82, 2.24) is 0 Å². The summed E-state index contributed by atoms with van der Waals surface area (Å²) < 4.78 is 0. The fraction of sp³-hybridized carbons (Fsp3) is 0. The van der Waals surface area contributed by atoms with Gasteiger partial charge in [-0.2, -0.15) is 0 Å². The molecule has 0 aromatic heterocycles. The number of hydrogen-bond donors (Lipinski definition) is 1. The third kappa shape index (κ3) is 3.23. The molecule has 3 aromatic rings. The lowest BCUT2D eigenvalue weighted by Crippen LogP contribution is -2.09. The van der Waals surface area contributed by atoms with E-state index < -0.39 is 0 Å². The quantitative estimate of drug-likeness (QED) is 0.572. The Morgan fingerprint density at radius 1 is 0.667 bits per heavy atom. The van der Waals surface area contributed by atoms with Crippen LogP contribution in [0.3, 0.4) is 0 Å². The van der Waals surface area contributed by atoms with Gasteiger partial charge in [0.25, 0.3) is 0 Å². The van der Waals surface area contributed by atoms with Crippen molar-refractivity contribution in [2.24, 2.45) is 0 Å². The molecule has 0 saturated heterocycles. The van der Waals surface area contributed by atoms with E-state index in [1.54, 1.807) is 0 Å². The van der Waals surface area contributed by atoms with E-state index in [2.05, 4.69) is 41.8 Å². The third-order valence-electron chi connectivity index (χ3n) is 3.15. The molecule has 0 radical (unpaired) electrons. The first-order chi connectivity index (χ1) is 10.2. The second-order valence-electron chi connectivity index (χ2n) is 4.67. The lowest BCUT2D eigenvalue weighted by atomic mass is 10.2. The Hall–Kier alpha value is -1.90. The van der Waals surface area contributed by atoms with Crippen LogP contribution in [-0.4, -0.2) is 0 Å². The lowest BCUT2D eigenvalue weighted by Gasteiger charge is -2.25. The van der Waals surface area contributed by atoms with Crippen molar-refractivity contribution in [3.05, 3.63) is 83.9 Å². The summed E-state index contributed by atoms with van der Waals surface area (Å²) in [5.41, 5.74) is 3.15. The molecule has 3 rings (SSSR count). The fourth-order valence-corrected chi connectivity index (χ4v) is 2.87. The van der Waals surface area contributed by atoms with Gasteiger partial charge in [0.15, 0.2) is 0 Å². The van der Waals surface area contributed by atoms with E-state index in [1.807, 2.05) is 54.6 Å². The fourth-order valence-electron chi connectivity index (χ4n) is 2.29. The second-order valence-corrected chi connectivity index (χ2v) is 5.63. The van der Waals surface area contributed by atoms with Crippen LogP contribution in [0.5, 0.6) is 0 Å². The summed E-state index contributed by atoms with van der Waals surface area (Å²) in [6.07, 6.45) is 0. The number of nitrogens with zero attached hydrogens (tertiary/aromatic N) is 1. The molecule has 0 atom stereocenters. The van der Waals surface area contributed by atoms with Crippen LogP contribution in [0.25, 0.3) is 0 Å². The van der Waals surface area contributed by atoms with E-state index in [9.17, 15) is 0 Å². The van der Waals surface area contributed by atoms with Crippen molar-refractivity contribution in [3.63, 3.8) is 0 Å². The van der Waals surface area contributed by atoms with Crippen molar-refractivity contribution in [2.45, 2.75) is 4.90 Å². The Labute approximate surface area is 135 Å². The topological polar surface area (TPSA) is 3.24 Å². The molecular formula is C18H14ClNS. The van der Waals surface area contributed by atoms with Gasteiger partial charge in [-0.25, -0.2) is 0 Å². The molecule has 0 saturated carbocycles. The Bertz CT molecular complexity index is 669. The van der Waals surface area contributed by atoms with Crippen molar-refractivity contribution in [2.75, 3.05) is 4.90 Å². The molecule has 3 aromatic carbocycles. The van der Waals surface area contributed by atoms with Crippen molar-refractivity contribution < 1.29 is 0 Å². The summed E-state index contributed by atoms with van der Waals surface area (Å²) in [6, 6.07) is 26.2. The highest BCUT2D eigenvalue weighted by molar-refractivity contribution is 7.80. The lowest BCUT2D eigenvalue weighted by molar-refractivity contribution is 1.26. The van der Waals surface area contributed by atoms with Gasteiger partial charge in [0.05, 0.1) is 0 Å². The highest BCUT2D eigenvalue weighted by Gasteiger charge is 2.12. The van der Waals surface area contributed by atoms with Crippen molar-refractivity contribution in [1.29, 1.82) is 0 Å². The minimum Gasteiger partial charge on any atom is -0.310 e. The number of rotatable bonds is 3. The van der Waals surface area contributed by atoms with E-state index in [1.165, 1.54) is 0 Å². The van der Waals surface area contributed by atoms with Crippen molar-refractivity contribution in [3.8, 4) is 0 Å². The normalized spacial score (nSPS) is 10.4. The first-order valence-corrected chi connectivity index (χ1v) is 7.46. The van der Waals surface area contributed by atoms with Gasteiger partial charge in [-0.15, -0.1) is 12.6 Å². The molecule has 0 heterocycles. The number of anilines is 3. The Morgan fingerprint density at radius 2 is 1.19 bits per heavy atom. The van der Waals surface area contributed by atoms with E-state index in [4.69, 9.17) is 11.6 Å². The third-order valence-corrected chi connectivity index (χ3v) is 3.63. The van der Waals surface area contributed by atoms with E-state index in [0.29, 0.717) is 5.02 Å². The minimum absolute atomic E-state index is 0.675. The van der Waals surface area contributed by atoms with E-state index >= 15 is 0 Å². The smallest absolute Gasteiger partial charge is 0.0487 e. The number of benzene rings is 3. The van der Waals surface area contributed by atoms with Crippen LogP contribution >= 0.6 is 24.2 Å². The van der Waals surface area contributed by atoms with Gasteiger partial charge >= 0.3 is 0 Å². The molecule has 0 aliphatic heterocycles. The van der Waals surface area contributed by atoms with Crippen LogP contribution in [0, 0.1) is 0 Å². The predicted molar refractivity (Wildman–Crippen MR) is 93.4 cm³/mol. The van der Waals surface area contributed by atoms with Crippen LogP contribution in [0.15, 0.2) is 83.8 Å². The maximum atomic E-state index is 6.19. The standard InChI is InChI=1S/C18H14ClNS/c19-14-11-17(13-18(21)12-14)20(15-7-3-1-4-8-15)16-9-5-2-6-10-16/h1-13,21H. The molecule has 104 valence electrons. The van der Waals surface area contributed by atoms with E-state index in [0.717, 1.165) is 22.0 Å². The highest BCUT2D eigenvalue weighted by atomic mass is 35.5. The summed E-state index contributed by atoms with van der Waals surface area (Å²) in [5.74, 6) is 0. The average Bonchev–Trinajstić information content (AvgIpc) is 2.49. The molecule has 1 nitrogen and oxygen atoms in total. The van der Waals surface area contributed by atoms with Gasteiger partial charge in [0.1, 0.15) is 0 Å². The highest BCUT2D eigenvalue weighted by Crippen LogP contribution is 2.36. The van der Waals surface area contributed by atoms with Gasteiger partial charge in [0, 0.05) is 27.0 Å². The zero-order valence-electron chi connectivity index (χ0n) is 11.3. The second kappa shape index (κ2) is 6.25. The van der Waals surface area contributed by atoms with Gasteiger partial charge < -0.3 is 4.90 Å². The number of halogens is 1. The van der Waals surface area contributed by atoms with Gasteiger partial charge in [-0.3, -0.25) is 0 Å². The largest absolute Gasteiger partial charge is 0.310 e. The summed E-state index contributed by atoms with van der Waals surface area (Å²) in [6.45, 7) is 0. The molecule has 0 bridgehead atoms. The Kier molecular flexibility index (Phi) is 4.18. The Balaban J connectivity index is 2.17. The summed E-state index contributed by atoms with van der Waals surface area (Å²) in [5, 5.41) is 0.675. The minimum atomic E-state index is 0.675. The molecule has 0 fully saturated rings. The van der Waals surface area contributed by atoms with Crippen LogP contribution in [-0.2, 0) is 0 Å². The van der Waals surface area contributed by atoms with Crippen LogP contribution in [0.4, 0.5) is 17.1 Å². The molecule has 0 spiro atoms. The van der Waals surface area contributed by atoms with Crippen LogP contribution in [0.1, 0.15) is 0 Å². The van der Waals surface area contributed by atoms with Crippen molar-refractivity contribution >= 4 is 41.3 Å². The van der Waals surface area contributed by atoms with E-state index in [-0.39, 0.29) is 0 Å². The molecule has 0 unspecified atom stereocenters. The zero-order valence-corrected chi connectivity index (χ0v) is 12.9. The molecule has 21 heavy (non-hydrogen) atoms. The van der Waals surface area contributed by atoms with Gasteiger partial charge in [-0.1, -0.05) is 48.0 Å². The maximum absolute atomic E-state index is 6.19. The van der Waals surface area contributed by atoms with Crippen LogP contribution in [0.2, 0.25) is 5.02 Å². The monoisotopic (exact) mass is 311 g/mol. The van der Waals surface area contributed by atoms with Crippen LogP contribution < -0.4 is 4.90 Å². The molecule has 0 aliphatic rings. The predicted octanol–water partition coefficient (Wildman–Crippen LogP) is 6.10. The summed E-state index contributed by atoms with van der Waals surface area (Å²) in [4.78, 5) is 3.00.